The minimum atomic E-state index is -1.32. The summed E-state index contributed by atoms with van der Waals surface area (Å²) in [4.78, 5) is 8.98. The summed E-state index contributed by atoms with van der Waals surface area (Å²) < 4.78 is 31.3. The number of ether oxygens (including phenoxy) is 5. The van der Waals surface area contributed by atoms with Gasteiger partial charge in [0.25, 0.3) is 0 Å². The Morgan fingerprint density at radius 2 is 1.59 bits per heavy atom. The fraction of sp³-hybridized carbons (Fsp3) is 1.00. The second kappa shape index (κ2) is 13.4. The normalized spacial score (nSPS) is 33.8. The van der Waals surface area contributed by atoms with Crippen LogP contribution < -0.4 is 0 Å². The van der Waals surface area contributed by atoms with E-state index in [2.05, 4.69) is 30.1 Å². The average molecular weight is 550 g/mol. The van der Waals surface area contributed by atoms with Crippen LogP contribution in [0.3, 0.4) is 0 Å². The van der Waals surface area contributed by atoms with E-state index in [-0.39, 0.29) is 6.61 Å². The minimum absolute atomic E-state index is 0.189. The van der Waals surface area contributed by atoms with Crippen LogP contribution in [0.1, 0.15) is 84.5 Å². The van der Waals surface area contributed by atoms with Crippen LogP contribution in [0.25, 0.3) is 31.3 Å². The van der Waals surface area contributed by atoms with Crippen LogP contribution in [0.15, 0.2) is 15.3 Å². The van der Waals surface area contributed by atoms with Gasteiger partial charge in [0.05, 0.1) is 43.0 Å². The molecule has 0 bridgehead atoms. The third kappa shape index (κ3) is 6.89. The third-order valence-electron chi connectivity index (χ3n) is 8.28. The van der Waals surface area contributed by atoms with Crippen molar-refractivity contribution in [1.29, 1.82) is 0 Å². The second-order valence-corrected chi connectivity index (χ2v) is 10.9. The highest BCUT2D eigenvalue weighted by Gasteiger charge is 2.54. The van der Waals surface area contributed by atoms with E-state index in [0.717, 1.165) is 51.4 Å². The van der Waals surface area contributed by atoms with Gasteiger partial charge in [-0.2, -0.15) is 0 Å². The van der Waals surface area contributed by atoms with E-state index in [0.29, 0.717) is 19.3 Å². The molecule has 2 saturated carbocycles. The molecular formula is C24H39N9O6. The Morgan fingerprint density at radius 1 is 0.949 bits per heavy atom. The summed E-state index contributed by atoms with van der Waals surface area (Å²) in [5, 5.41) is 22.8. The van der Waals surface area contributed by atoms with Crippen LogP contribution in [0.2, 0.25) is 0 Å². The molecule has 0 amide bonds. The van der Waals surface area contributed by atoms with E-state index >= 15 is 0 Å². The molecule has 0 aromatic carbocycles. The first kappa shape index (κ1) is 29.7. The zero-order chi connectivity index (χ0) is 27.9. The first-order valence-electron chi connectivity index (χ1n) is 14.0. The fourth-order valence-electron chi connectivity index (χ4n) is 6.29. The smallest absolute Gasteiger partial charge is 0.168 e. The van der Waals surface area contributed by atoms with Crippen LogP contribution in [-0.4, -0.2) is 72.1 Å². The monoisotopic (exact) mass is 549 g/mol. The summed E-state index contributed by atoms with van der Waals surface area (Å²) in [7, 11) is 0. The molecule has 39 heavy (non-hydrogen) atoms. The van der Waals surface area contributed by atoms with Crippen molar-refractivity contribution in [1.82, 2.24) is 0 Å². The Kier molecular flexibility index (Phi) is 10.2. The van der Waals surface area contributed by atoms with Gasteiger partial charge in [-0.1, -0.05) is 35.1 Å². The van der Waals surface area contributed by atoms with Gasteiger partial charge in [-0.05, 0) is 55.6 Å². The summed E-state index contributed by atoms with van der Waals surface area (Å²) in [6.45, 7) is 3.77. The van der Waals surface area contributed by atoms with Crippen molar-refractivity contribution in [2.45, 2.75) is 145 Å². The predicted molar refractivity (Wildman–Crippen MR) is 138 cm³/mol. The molecule has 4 rings (SSSR count). The van der Waals surface area contributed by atoms with Gasteiger partial charge < -0.3 is 28.8 Å². The van der Waals surface area contributed by atoms with Crippen molar-refractivity contribution < 1.29 is 28.8 Å². The molecule has 216 valence electrons. The maximum absolute atomic E-state index is 11.0. The van der Waals surface area contributed by atoms with E-state index in [9.17, 15) is 21.7 Å². The molecule has 2 aliphatic heterocycles. The van der Waals surface area contributed by atoms with E-state index in [1.165, 1.54) is 0 Å². The first-order valence-corrected chi connectivity index (χ1v) is 14.0. The standard InChI is InChI=1S/C24H39N9O6/c1-3-16(28-31-25)20(15(2)38-23(34)10-6-4-7-11-23)37-22-19(30-33-27)18(29-32-26)21-17(36-22)14-35-24(39-21)12-8-5-9-13-24/h15-22,34H,3-14H2,1-2H3/t15-,16?,17?,18-,19?,20+,21-,22-/m1/s1. The molecule has 1 N–H and O–H groups in total. The largest absolute Gasteiger partial charge is 0.365 e. The van der Waals surface area contributed by atoms with Crippen molar-refractivity contribution in [3.63, 3.8) is 0 Å². The maximum Gasteiger partial charge on any atom is 0.168 e. The van der Waals surface area contributed by atoms with Gasteiger partial charge in [0.1, 0.15) is 6.10 Å². The SMILES string of the molecule is CCC(N=[N+]=[N-])[C@@H](O[C@H]1OC2COC3(CCCCC3)O[C@H]2[C@H](N=[N+]=[N-])C1N=[N+]=[N-])[C@@H](C)OC1(O)CCCCC1. The molecular weight excluding hydrogens is 510 g/mol. The average Bonchev–Trinajstić information content (AvgIpc) is 2.93. The van der Waals surface area contributed by atoms with Gasteiger partial charge in [-0.3, -0.25) is 0 Å². The van der Waals surface area contributed by atoms with Gasteiger partial charge >= 0.3 is 0 Å². The van der Waals surface area contributed by atoms with E-state index < -0.39 is 60.4 Å². The Labute approximate surface area is 227 Å². The molecule has 8 atom stereocenters. The first-order chi connectivity index (χ1) is 18.9. The summed E-state index contributed by atoms with van der Waals surface area (Å²) in [6, 6.07) is -2.66. The lowest BCUT2D eigenvalue weighted by atomic mass is 9.89. The zero-order valence-corrected chi connectivity index (χ0v) is 22.6. The molecule has 4 fully saturated rings. The summed E-state index contributed by atoms with van der Waals surface area (Å²) in [5.74, 6) is -2.10. The van der Waals surface area contributed by atoms with Crippen LogP contribution in [0, 0.1) is 0 Å². The number of fused-ring (bicyclic) bond motifs is 1. The molecule has 3 unspecified atom stereocenters. The molecule has 2 aliphatic carbocycles. The highest BCUT2D eigenvalue weighted by molar-refractivity contribution is 5.03. The lowest BCUT2D eigenvalue weighted by Crippen LogP contribution is -2.65. The molecule has 2 heterocycles. The Hall–Kier alpha value is -2.31. The van der Waals surface area contributed by atoms with Crippen molar-refractivity contribution in [3.8, 4) is 0 Å². The lowest BCUT2D eigenvalue weighted by molar-refractivity contribution is -0.376. The molecule has 0 aromatic heterocycles. The number of hydrogen-bond donors (Lipinski definition) is 1. The zero-order valence-electron chi connectivity index (χ0n) is 22.6. The van der Waals surface area contributed by atoms with Crippen molar-refractivity contribution in [2.75, 3.05) is 6.61 Å². The number of azide groups is 3. The number of rotatable bonds is 10. The molecule has 15 nitrogen and oxygen atoms in total. The van der Waals surface area contributed by atoms with Crippen molar-refractivity contribution in [2.24, 2.45) is 15.3 Å². The molecule has 15 heteroatoms. The summed E-state index contributed by atoms with van der Waals surface area (Å²) in [6.07, 6.45) is 4.44. The molecule has 4 aliphatic rings. The number of aliphatic hydroxyl groups is 1. The van der Waals surface area contributed by atoms with Crippen LogP contribution in [0.5, 0.6) is 0 Å². The molecule has 1 spiro atoms. The minimum Gasteiger partial charge on any atom is -0.365 e. The number of hydrogen-bond acceptors (Lipinski definition) is 9. The lowest BCUT2D eigenvalue weighted by Gasteiger charge is -2.52. The predicted octanol–water partition coefficient (Wildman–Crippen LogP) is 5.68. The van der Waals surface area contributed by atoms with Crippen LogP contribution >= 0.6 is 0 Å². The molecule has 0 radical (unpaired) electrons. The molecule has 0 aromatic rings. The summed E-state index contributed by atoms with van der Waals surface area (Å²) >= 11 is 0. The van der Waals surface area contributed by atoms with E-state index in [4.69, 9.17) is 23.7 Å². The Bertz CT molecular complexity index is 971. The van der Waals surface area contributed by atoms with Gasteiger partial charge in [0, 0.05) is 40.4 Å². The van der Waals surface area contributed by atoms with Crippen LogP contribution in [-0.2, 0) is 23.7 Å². The quantitative estimate of drug-likeness (QED) is 0.156. The van der Waals surface area contributed by atoms with E-state index in [1.807, 2.05) is 6.92 Å². The van der Waals surface area contributed by atoms with Gasteiger partial charge in [-0.25, -0.2) is 0 Å². The topological polar surface area (TPSA) is 213 Å². The summed E-state index contributed by atoms with van der Waals surface area (Å²) in [5.41, 5.74) is 28.1. The van der Waals surface area contributed by atoms with Gasteiger partial charge in [-0.15, -0.1) is 0 Å². The van der Waals surface area contributed by atoms with Gasteiger partial charge in [0.2, 0.25) is 0 Å². The highest BCUT2D eigenvalue weighted by Crippen LogP contribution is 2.42. The van der Waals surface area contributed by atoms with Crippen LogP contribution in [0.4, 0.5) is 0 Å². The third-order valence-corrected chi connectivity index (χ3v) is 8.28. The maximum atomic E-state index is 11.0. The van der Waals surface area contributed by atoms with E-state index in [1.54, 1.807) is 6.92 Å². The van der Waals surface area contributed by atoms with Crippen molar-refractivity contribution in [3.05, 3.63) is 31.3 Å². The van der Waals surface area contributed by atoms with Gasteiger partial charge in [0.15, 0.2) is 17.9 Å². The highest BCUT2D eigenvalue weighted by atomic mass is 16.8. The van der Waals surface area contributed by atoms with Crippen molar-refractivity contribution >= 4 is 0 Å². The Morgan fingerprint density at radius 3 is 2.21 bits per heavy atom. The number of nitrogens with zero attached hydrogens (tertiary/aromatic N) is 9. The molecule has 2 saturated heterocycles. The fourth-order valence-corrected chi connectivity index (χ4v) is 6.29. The second-order valence-electron chi connectivity index (χ2n) is 10.9. The Balaban J connectivity index is 1.60.